The molecule has 0 spiro atoms. The lowest BCUT2D eigenvalue weighted by Gasteiger charge is -2.34. The first-order valence-corrected chi connectivity index (χ1v) is 8.18. The van der Waals surface area contributed by atoms with E-state index in [4.69, 9.17) is 0 Å². The van der Waals surface area contributed by atoms with E-state index in [9.17, 15) is 4.79 Å². The van der Waals surface area contributed by atoms with Crippen LogP contribution in [-0.4, -0.2) is 46.3 Å². The van der Waals surface area contributed by atoms with Gasteiger partial charge in [0.2, 0.25) is 5.91 Å². The van der Waals surface area contributed by atoms with Gasteiger partial charge in [-0.1, -0.05) is 18.2 Å². The summed E-state index contributed by atoms with van der Waals surface area (Å²) < 4.78 is 1.93. The lowest BCUT2D eigenvalue weighted by Crippen LogP contribution is -2.52. The van der Waals surface area contributed by atoms with E-state index in [0.717, 1.165) is 42.3 Å². The van der Waals surface area contributed by atoms with Crippen LogP contribution in [0.25, 0.3) is 5.69 Å². The fourth-order valence-electron chi connectivity index (χ4n) is 3.22. The molecule has 1 aromatic heterocycles. The first-order valence-electron chi connectivity index (χ1n) is 8.18. The van der Waals surface area contributed by atoms with Gasteiger partial charge in [0.25, 0.3) is 0 Å². The Morgan fingerprint density at radius 2 is 2.00 bits per heavy atom. The van der Waals surface area contributed by atoms with Gasteiger partial charge in [-0.25, -0.2) is 4.68 Å². The minimum absolute atomic E-state index is 0. The molecule has 1 aliphatic heterocycles. The summed E-state index contributed by atoms with van der Waals surface area (Å²) in [4.78, 5) is 14.7. The largest absolute Gasteiger partial charge is 0.337 e. The highest BCUT2D eigenvalue weighted by molar-refractivity contribution is 5.85. The van der Waals surface area contributed by atoms with E-state index >= 15 is 0 Å². The molecule has 24 heavy (non-hydrogen) atoms. The summed E-state index contributed by atoms with van der Waals surface area (Å²) >= 11 is 0. The third kappa shape index (κ3) is 3.62. The Morgan fingerprint density at radius 3 is 2.67 bits per heavy atom. The molecular formula is C18H25ClN4O. The normalized spacial score (nSPS) is 17.5. The molecule has 1 fully saturated rings. The van der Waals surface area contributed by atoms with Crippen molar-refractivity contribution in [3.63, 3.8) is 0 Å². The lowest BCUT2D eigenvalue weighted by atomic mass is 10.1. The van der Waals surface area contributed by atoms with Crippen LogP contribution in [0.15, 0.2) is 30.3 Å². The van der Waals surface area contributed by atoms with Crippen LogP contribution in [0, 0.1) is 13.8 Å². The van der Waals surface area contributed by atoms with Crippen LogP contribution in [-0.2, 0) is 11.2 Å². The Labute approximate surface area is 149 Å². The number of para-hydroxylation sites is 1. The molecule has 1 aliphatic rings. The first-order chi connectivity index (χ1) is 11.1. The van der Waals surface area contributed by atoms with Crippen molar-refractivity contribution in [2.75, 3.05) is 19.6 Å². The van der Waals surface area contributed by atoms with Crippen LogP contribution >= 0.6 is 12.4 Å². The number of amides is 1. The number of benzene rings is 1. The van der Waals surface area contributed by atoms with Crippen LogP contribution in [0.2, 0.25) is 0 Å². The predicted octanol–water partition coefficient (Wildman–Crippen LogP) is 2.27. The number of aryl methyl sites for hydroxylation is 1. The SMILES string of the molecule is Cc1nn(-c2ccccc2)c(C)c1CC(=O)N1CCNCC1C.Cl. The Morgan fingerprint density at radius 1 is 1.29 bits per heavy atom. The van der Waals surface area contributed by atoms with Crippen molar-refractivity contribution in [3.8, 4) is 5.69 Å². The minimum Gasteiger partial charge on any atom is -0.337 e. The number of carbonyl (C=O) groups is 1. The molecule has 0 saturated carbocycles. The van der Waals surface area contributed by atoms with Gasteiger partial charge < -0.3 is 10.2 Å². The summed E-state index contributed by atoms with van der Waals surface area (Å²) in [6.45, 7) is 8.64. The Kier molecular flexibility index (Phi) is 6.02. The van der Waals surface area contributed by atoms with Crippen LogP contribution in [0.3, 0.4) is 0 Å². The molecule has 1 saturated heterocycles. The molecule has 2 heterocycles. The summed E-state index contributed by atoms with van der Waals surface area (Å²) in [5.74, 6) is 0.192. The van der Waals surface area contributed by atoms with Crippen molar-refractivity contribution in [3.05, 3.63) is 47.3 Å². The fraction of sp³-hybridized carbons (Fsp3) is 0.444. The van der Waals surface area contributed by atoms with Crippen molar-refractivity contribution in [2.24, 2.45) is 0 Å². The van der Waals surface area contributed by atoms with E-state index < -0.39 is 0 Å². The number of rotatable bonds is 3. The van der Waals surface area contributed by atoms with E-state index in [0.29, 0.717) is 6.42 Å². The second kappa shape index (κ2) is 7.81. The highest BCUT2D eigenvalue weighted by Gasteiger charge is 2.25. The number of piperazine rings is 1. The van der Waals surface area contributed by atoms with Gasteiger partial charge in [0.1, 0.15) is 0 Å². The van der Waals surface area contributed by atoms with Gasteiger partial charge in [0.15, 0.2) is 0 Å². The molecule has 1 aromatic carbocycles. The first kappa shape index (κ1) is 18.5. The van der Waals surface area contributed by atoms with Gasteiger partial charge in [0, 0.05) is 36.9 Å². The third-order valence-corrected chi connectivity index (χ3v) is 4.59. The fourth-order valence-corrected chi connectivity index (χ4v) is 3.22. The van der Waals surface area contributed by atoms with Crippen LogP contribution in [0.1, 0.15) is 23.9 Å². The van der Waals surface area contributed by atoms with Gasteiger partial charge in [-0.05, 0) is 32.9 Å². The van der Waals surface area contributed by atoms with Gasteiger partial charge in [-0.15, -0.1) is 12.4 Å². The summed E-state index contributed by atoms with van der Waals surface area (Å²) in [5, 5.41) is 7.95. The molecule has 130 valence electrons. The molecule has 1 amide bonds. The second-order valence-corrected chi connectivity index (χ2v) is 6.21. The molecule has 1 unspecified atom stereocenters. The number of halogens is 1. The molecule has 0 aliphatic carbocycles. The van der Waals surface area contributed by atoms with E-state index in [1.54, 1.807) is 0 Å². The van der Waals surface area contributed by atoms with Crippen molar-refractivity contribution in [2.45, 2.75) is 33.2 Å². The molecule has 3 rings (SSSR count). The van der Waals surface area contributed by atoms with Crippen molar-refractivity contribution in [1.82, 2.24) is 20.0 Å². The van der Waals surface area contributed by atoms with E-state index in [-0.39, 0.29) is 24.4 Å². The molecule has 6 heteroatoms. The van der Waals surface area contributed by atoms with E-state index in [1.165, 1.54) is 0 Å². The second-order valence-electron chi connectivity index (χ2n) is 6.21. The van der Waals surface area contributed by atoms with Gasteiger partial charge in [-0.3, -0.25) is 4.79 Å². The maximum atomic E-state index is 12.7. The Balaban J connectivity index is 0.00000208. The van der Waals surface area contributed by atoms with Gasteiger partial charge in [0.05, 0.1) is 17.8 Å². The molecule has 0 bridgehead atoms. The van der Waals surface area contributed by atoms with Crippen molar-refractivity contribution in [1.29, 1.82) is 0 Å². The van der Waals surface area contributed by atoms with Crippen molar-refractivity contribution < 1.29 is 4.79 Å². The van der Waals surface area contributed by atoms with E-state index in [1.807, 2.05) is 53.8 Å². The lowest BCUT2D eigenvalue weighted by molar-refractivity contribution is -0.133. The molecule has 1 atom stereocenters. The zero-order valence-electron chi connectivity index (χ0n) is 14.5. The maximum absolute atomic E-state index is 12.7. The van der Waals surface area contributed by atoms with E-state index in [2.05, 4.69) is 17.3 Å². The molecule has 0 radical (unpaired) electrons. The monoisotopic (exact) mass is 348 g/mol. The standard InChI is InChI=1S/C18H24N4O.ClH/c1-13-12-19-9-10-21(13)18(23)11-17-14(2)20-22(15(17)3)16-7-5-4-6-8-16;/h4-8,13,19H,9-12H2,1-3H3;1H. The van der Waals surface area contributed by atoms with Crippen LogP contribution < -0.4 is 5.32 Å². The summed E-state index contributed by atoms with van der Waals surface area (Å²) in [5.41, 5.74) is 4.05. The summed E-state index contributed by atoms with van der Waals surface area (Å²) in [6.07, 6.45) is 0.425. The highest BCUT2D eigenvalue weighted by Crippen LogP contribution is 2.19. The Hall–Kier alpha value is -1.85. The number of nitrogens with zero attached hydrogens (tertiary/aromatic N) is 3. The average Bonchev–Trinajstić information content (AvgIpc) is 2.84. The molecule has 5 nitrogen and oxygen atoms in total. The minimum atomic E-state index is 0. The number of hydrogen-bond acceptors (Lipinski definition) is 3. The predicted molar refractivity (Wildman–Crippen MR) is 98.0 cm³/mol. The number of carbonyl (C=O) groups excluding carboxylic acids is 1. The molecule has 1 N–H and O–H groups in total. The third-order valence-electron chi connectivity index (χ3n) is 4.59. The average molecular weight is 349 g/mol. The number of aromatic nitrogens is 2. The quantitative estimate of drug-likeness (QED) is 0.925. The van der Waals surface area contributed by atoms with Gasteiger partial charge in [-0.2, -0.15) is 5.10 Å². The summed E-state index contributed by atoms with van der Waals surface area (Å²) in [6, 6.07) is 10.3. The summed E-state index contributed by atoms with van der Waals surface area (Å²) in [7, 11) is 0. The molecular weight excluding hydrogens is 324 g/mol. The molecule has 2 aromatic rings. The number of hydrogen-bond donors (Lipinski definition) is 1. The van der Waals surface area contributed by atoms with Crippen LogP contribution in [0.5, 0.6) is 0 Å². The van der Waals surface area contributed by atoms with Crippen LogP contribution in [0.4, 0.5) is 0 Å². The van der Waals surface area contributed by atoms with Crippen molar-refractivity contribution >= 4 is 18.3 Å². The Bertz CT molecular complexity index is 699. The smallest absolute Gasteiger partial charge is 0.227 e. The topological polar surface area (TPSA) is 50.2 Å². The zero-order chi connectivity index (χ0) is 16.4. The maximum Gasteiger partial charge on any atom is 0.227 e. The zero-order valence-corrected chi connectivity index (χ0v) is 15.3. The van der Waals surface area contributed by atoms with Gasteiger partial charge >= 0.3 is 0 Å². The highest BCUT2D eigenvalue weighted by atomic mass is 35.5. The number of nitrogens with one attached hydrogen (secondary N) is 1.